The van der Waals surface area contributed by atoms with E-state index >= 15 is 0 Å². The number of rotatable bonds is 4. The summed E-state index contributed by atoms with van der Waals surface area (Å²) in [5.74, 6) is 0.107. The SMILES string of the molecule is CC(NC(=O)OC(C)(C)C)C(=O)OCC1CC1. The lowest BCUT2D eigenvalue weighted by molar-refractivity contribution is -0.146. The van der Waals surface area contributed by atoms with E-state index in [9.17, 15) is 9.59 Å². The van der Waals surface area contributed by atoms with Crippen LogP contribution in [0.15, 0.2) is 0 Å². The van der Waals surface area contributed by atoms with Crippen molar-refractivity contribution in [3.05, 3.63) is 0 Å². The molecule has 0 saturated heterocycles. The number of hydrogen-bond acceptors (Lipinski definition) is 4. The van der Waals surface area contributed by atoms with Gasteiger partial charge in [0.25, 0.3) is 0 Å². The molecular formula is C12H21NO4. The normalized spacial score (nSPS) is 17.2. The van der Waals surface area contributed by atoms with Gasteiger partial charge in [0, 0.05) is 0 Å². The van der Waals surface area contributed by atoms with Gasteiger partial charge in [-0.1, -0.05) is 0 Å². The fraction of sp³-hybridized carbons (Fsp3) is 0.833. The van der Waals surface area contributed by atoms with Crippen LogP contribution >= 0.6 is 0 Å². The fourth-order valence-corrected chi connectivity index (χ4v) is 1.15. The van der Waals surface area contributed by atoms with Crippen molar-refractivity contribution in [3.8, 4) is 0 Å². The third-order valence-corrected chi connectivity index (χ3v) is 2.25. The molecule has 0 aromatic heterocycles. The lowest BCUT2D eigenvalue weighted by Gasteiger charge is -2.21. The molecule has 0 aromatic rings. The van der Waals surface area contributed by atoms with E-state index in [1.807, 2.05) is 0 Å². The monoisotopic (exact) mass is 243 g/mol. The Balaban J connectivity index is 2.23. The Kier molecular flexibility index (Phi) is 4.37. The van der Waals surface area contributed by atoms with Crippen molar-refractivity contribution in [3.63, 3.8) is 0 Å². The summed E-state index contributed by atoms with van der Waals surface area (Å²) in [5.41, 5.74) is -0.568. The van der Waals surface area contributed by atoms with E-state index < -0.39 is 23.7 Å². The van der Waals surface area contributed by atoms with Crippen molar-refractivity contribution in [1.29, 1.82) is 0 Å². The van der Waals surface area contributed by atoms with Crippen LogP contribution in [0.1, 0.15) is 40.5 Å². The molecule has 17 heavy (non-hydrogen) atoms. The van der Waals surface area contributed by atoms with E-state index in [2.05, 4.69) is 5.32 Å². The molecule has 5 heteroatoms. The molecule has 1 aliphatic carbocycles. The molecule has 0 spiro atoms. The number of alkyl carbamates (subject to hydrolysis) is 1. The fourth-order valence-electron chi connectivity index (χ4n) is 1.15. The average molecular weight is 243 g/mol. The van der Waals surface area contributed by atoms with Crippen LogP contribution in [0.3, 0.4) is 0 Å². The van der Waals surface area contributed by atoms with Gasteiger partial charge in [-0.3, -0.25) is 0 Å². The van der Waals surface area contributed by atoms with Gasteiger partial charge in [-0.05, 0) is 46.5 Å². The smallest absolute Gasteiger partial charge is 0.408 e. The summed E-state index contributed by atoms with van der Waals surface area (Å²) in [6.45, 7) is 7.34. The minimum absolute atomic E-state index is 0.414. The van der Waals surface area contributed by atoms with Crippen LogP contribution in [0, 0.1) is 5.92 Å². The standard InChI is InChI=1S/C12H21NO4/c1-8(10(14)16-7-9-5-6-9)13-11(15)17-12(2,3)4/h8-9H,5-7H2,1-4H3,(H,13,15). The Morgan fingerprint density at radius 1 is 1.35 bits per heavy atom. The van der Waals surface area contributed by atoms with Gasteiger partial charge in [0.2, 0.25) is 0 Å². The number of hydrogen-bond donors (Lipinski definition) is 1. The zero-order chi connectivity index (χ0) is 13.1. The number of amides is 1. The van der Waals surface area contributed by atoms with Crippen molar-refractivity contribution >= 4 is 12.1 Å². The highest BCUT2D eigenvalue weighted by molar-refractivity contribution is 5.81. The van der Waals surface area contributed by atoms with Crippen molar-refractivity contribution < 1.29 is 19.1 Å². The predicted octanol–water partition coefficient (Wildman–Crippen LogP) is 1.85. The Morgan fingerprint density at radius 3 is 2.41 bits per heavy atom. The first-order valence-corrected chi connectivity index (χ1v) is 5.94. The van der Waals surface area contributed by atoms with Gasteiger partial charge < -0.3 is 14.8 Å². The summed E-state index contributed by atoms with van der Waals surface area (Å²) >= 11 is 0. The Morgan fingerprint density at radius 2 is 1.94 bits per heavy atom. The lowest BCUT2D eigenvalue weighted by Crippen LogP contribution is -2.42. The minimum Gasteiger partial charge on any atom is -0.464 e. The number of nitrogens with one attached hydrogen (secondary N) is 1. The number of carbonyl (C=O) groups is 2. The van der Waals surface area contributed by atoms with E-state index in [-0.39, 0.29) is 0 Å². The Hall–Kier alpha value is -1.26. The third-order valence-electron chi connectivity index (χ3n) is 2.25. The maximum Gasteiger partial charge on any atom is 0.408 e. The van der Waals surface area contributed by atoms with Gasteiger partial charge in [0.15, 0.2) is 0 Å². The predicted molar refractivity (Wildman–Crippen MR) is 62.5 cm³/mol. The van der Waals surface area contributed by atoms with Crippen LogP contribution in [0.4, 0.5) is 4.79 Å². The highest BCUT2D eigenvalue weighted by atomic mass is 16.6. The van der Waals surface area contributed by atoms with Crippen molar-refractivity contribution in [2.75, 3.05) is 6.61 Å². The number of esters is 1. The molecular weight excluding hydrogens is 222 g/mol. The molecule has 1 aliphatic rings. The molecule has 1 N–H and O–H groups in total. The van der Waals surface area contributed by atoms with Crippen molar-refractivity contribution in [2.24, 2.45) is 5.92 Å². The molecule has 0 heterocycles. The topological polar surface area (TPSA) is 64.6 Å². The molecule has 0 bridgehead atoms. The largest absolute Gasteiger partial charge is 0.464 e. The van der Waals surface area contributed by atoms with E-state index in [0.717, 1.165) is 12.8 Å². The first-order chi connectivity index (χ1) is 7.78. The second-order valence-corrected chi connectivity index (χ2v) is 5.44. The van der Waals surface area contributed by atoms with Gasteiger partial charge in [0.1, 0.15) is 11.6 Å². The molecule has 1 unspecified atom stereocenters. The third kappa shape index (κ3) is 6.14. The van der Waals surface area contributed by atoms with Gasteiger partial charge in [0.05, 0.1) is 6.61 Å². The van der Waals surface area contributed by atoms with Crippen molar-refractivity contribution in [1.82, 2.24) is 5.32 Å². The molecule has 0 aliphatic heterocycles. The molecule has 5 nitrogen and oxygen atoms in total. The molecule has 0 radical (unpaired) electrons. The van der Waals surface area contributed by atoms with Crippen LogP contribution in [0.5, 0.6) is 0 Å². The summed E-state index contributed by atoms with van der Waals surface area (Å²) < 4.78 is 10.1. The molecule has 0 aromatic carbocycles. The molecule has 1 fully saturated rings. The van der Waals surface area contributed by atoms with Crippen LogP contribution in [0.25, 0.3) is 0 Å². The van der Waals surface area contributed by atoms with E-state index in [4.69, 9.17) is 9.47 Å². The number of ether oxygens (including phenoxy) is 2. The Labute approximate surface area is 102 Å². The molecule has 1 atom stereocenters. The average Bonchev–Trinajstić information content (AvgIpc) is 2.93. The quantitative estimate of drug-likeness (QED) is 0.765. The molecule has 1 amide bonds. The molecule has 1 rings (SSSR count). The summed E-state index contributed by atoms with van der Waals surface area (Å²) in [6.07, 6.45) is 1.65. The Bertz CT molecular complexity index is 291. The number of carbonyl (C=O) groups excluding carboxylic acids is 2. The van der Waals surface area contributed by atoms with Gasteiger partial charge in [-0.15, -0.1) is 0 Å². The van der Waals surface area contributed by atoms with Gasteiger partial charge in [-0.2, -0.15) is 0 Å². The highest BCUT2D eigenvalue weighted by Crippen LogP contribution is 2.28. The maximum absolute atomic E-state index is 11.5. The van der Waals surface area contributed by atoms with Crippen LogP contribution in [0.2, 0.25) is 0 Å². The second-order valence-electron chi connectivity index (χ2n) is 5.44. The highest BCUT2D eigenvalue weighted by Gasteiger charge is 2.26. The summed E-state index contributed by atoms with van der Waals surface area (Å²) in [5, 5.41) is 2.44. The van der Waals surface area contributed by atoms with Gasteiger partial charge in [-0.25, -0.2) is 9.59 Å². The zero-order valence-electron chi connectivity index (χ0n) is 10.9. The summed E-state index contributed by atoms with van der Waals surface area (Å²) in [6, 6.07) is -0.677. The second kappa shape index (κ2) is 5.38. The van der Waals surface area contributed by atoms with Crippen molar-refractivity contribution in [2.45, 2.75) is 52.2 Å². The van der Waals surface area contributed by atoms with E-state index in [1.165, 1.54) is 0 Å². The first kappa shape index (κ1) is 13.8. The summed E-state index contributed by atoms with van der Waals surface area (Å²) in [7, 11) is 0. The minimum atomic E-state index is -0.677. The molecule has 98 valence electrons. The van der Waals surface area contributed by atoms with E-state index in [1.54, 1.807) is 27.7 Å². The molecule has 1 saturated carbocycles. The zero-order valence-corrected chi connectivity index (χ0v) is 10.9. The van der Waals surface area contributed by atoms with Crippen LogP contribution in [-0.4, -0.2) is 30.3 Å². The van der Waals surface area contributed by atoms with Gasteiger partial charge >= 0.3 is 12.1 Å². The van der Waals surface area contributed by atoms with Crippen LogP contribution < -0.4 is 5.32 Å². The maximum atomic E-state index is 11.5. The van der Waals surface area contributed by atoms with E-state index in [0.29, 0.717) is 12.5 Å². The lowest BCUT2D eigenvalue weighted by atomic mass is 10.2. The van der Waals surface area contributed by atoms with Crippen LogP contribution in [-0.2, 0) is 14.3 Å². The first-order valence-electron chi connectivity index (χ1n) is 5.94. The summed E-state index contributed by atoms with van der Waals surface area (Å²) in [4.78, 5) is 22.9.